The molecule has 3 nitrogen and oxygen atoms in total. The zero-order chi connectivity index (χ0) is 16.4. The first-order chi connectivity index (χ1) is 11.1. The number of hydrogen-bond acceptors (Lipinski definition) is 2. The van der Waals surface area contributed by atoms with Gasteiger partial charge in [0.1, 0.15) is 5.75 Å². The van der Waals surface area contributed by atoms with Crippen LogP contribution in [0.5, 0.6) is 5.75 Å². The Kier molecular flexibility index (Phi) is 4.02. The van der Waals surface area contributed by atoms with E-state index in [0.29, 0.717) is 0 Å². The number of para-hydroxylation sites is 1. The molecule has 23 heavy (non-hydrogen) atoms. The second-order valence-electron chi connectivity index (χ2n) is 5.49. The van der Waals surface area contributed by atoms with Gasteiger partial charge in [0.2, 0.25) is 0 Å². The van der Waals surface area contributed by atoms with Gasteiger partial charge in [0.05, 0.1) is 7.11 Å². The Morgan fingerprint density at radius 2 is 1.65 bits per heavy atom. The van der Waals surface area contributed by atoms with Gasteiger partial charge in [0.15, 0.2) is 5.78 Å². The number of aromatic nitrogens is 1. The molecular formula is C20H19NO2. The van der Waals surface area contributed by atoms with Crippen LogP contribution in [0, 0.1) is 6.92 Å². The van der Waals surface area contributed by atoms with Gasteiger partial charge in [0, 0.05) is 28.7 Å². The van der Waals surface area contributed by atoms with Crippen LogP contribution in [-0.4, -0.2) is 17.5 Å². The van der Waals surface area contributed by atoms with E-state index in [2.05, 4.69) is 4.57 Å². The highest BCUT2D eigenvalue weighted by molar-refractivity contribution is 6.02. The Balaban J connectivity index is 2.18. The van der Waals surface area contributed by atoms with E-state index in [1.165, 1.54) is 0 Å². The molecule has 0 radical (unpaired) electrons. The van der Waals surface area contributed by atoms with Crippen molar-refractivity contribution in [3.05, 3.63) is 72.1 Å². The SMILES string of the molecule is COc1ccc(-c2cn(-c3ccccc3)c(C)c2C(C)=O)cc1. The number of ether oxygens (including phenoxy) is 1. The van der Waals surface area contributed by atoms with Crippen molar-refractivity contribution in [2.75, 3.05) is 7.11 Å². The zero-order valence-electron chi connectivity index (χ0n) is 13.5. The van der Waals surface area contributed by atoms with Crippen LogP contribution in [0.15, 0.2) is 60.8 Å². The van der Waals surface area contributed by atoms with Gasteiger partial charge < -0.3 is 9.30 Å². The Labute approximate surface area is 136 Å². The summed E-state index contributed by atoms with van der Waals surface area (Å²) in [5.41, 5.74) is 4.72. The Hall–Kier alpha value is -2.81. The van der Waals surface area contributed by atoms with Crippen LogP contribution in [0.2, 0.25) is 0 Å². The highest BCUT2D eigenvalue weighted by atomic mass is 16.5. The van der Waals surface area contributed by atoms with Crippen LogP contribution in [-0.2, 0) is 0 Å². The van der Waals surface area contributed by atoms with Crippen molar-refractivity contribution < 1.29 is 9.53 Å². The summed E-state index contributed by atoms with van der Waals surface area (Å²) in [5.74, 6) is 0.875. The van der Waals surface area contributed by atoms with E-state index in [1.807, 2.05) is 67.7 Å². The highest BCUT2D eigenvalue weighted by Gasteiger charge is 2.18. The van der Waals surface area contributed by atoms with E-state index in [4.69, 9.17) is 4.74 Å². The molecule has 3 heteroatoms. The Morgan fingerprint density at radius 3 is 2.22 bits per heavy atom. The van der Waals surface area contributed by atoms with Crippen molar-refractivity contribution in [3.63, 3.8) is 0 Å². The summed E-state index contributed by atoms with van der Waals surface area (Å²) < 4.78 is 7.27. The molecular weight excluding hydrogens is 286 g/mol. The third-order valence-electron chi connectivity index (χ3n) is 4.04. The molecule has 0 fully saturated rings. The van der Waals surface area contributed by atoms with Gasteiger partial charge in [-0.3, -0.25) is 4.79 Å². The molecule has 0 atom stereocenters. The summed E-state index contributed by atoms with van der Waals surface area (Å²) in [7, 11) is 1.64. The third-order valence-corrected chi connectivity index (χ3v) is 4.04. The maximum Gasteiger partial charge on any atom is 0.162 e. The number of Topliss-reactive ketones (excluding diaryl/α,β-unsaturated/α-hetero) is 1. The predicted molar refractivity (Wildman–Crippen MR) is 92.5 cm³/mol. The first kappa shape index (κ1) is 15.1. The van der Waals surface area contributed by atoms with Crippen LogP contribution >= 0.6 is 0 Å². The van der Waals surface area contributed by atoms with Crippen molar-refractivity contribution in [1.82, 2.24) is 4.57 Å². The molecule has 0 aliphatic heterocycles. The molecule has 116 valence electrons. The summed E-state index contributed by atoms with van der Waals surface area (Å²) >= 11 is 0. The molecule has 2 aromatic carbocycles. The molecule has 0 aliphatic rings. The maximum atomic E-state index is 12.2. The molecule has 0 saturated heterocycles. The van der Waals surface area contributed by atoms with E-state index in [1.54, 1.807) is 14.0 Å². The minimum absolute atomic E-state index is 0.0722. The van der Waals surface area contributed by atoms with E-state index < -0.39 is 0 Å². The molecule has 0 N–H and O–H groups in total. The molecule has 3 rings (SSSR count). The van der Waals surface area contributed by atoms with E-state index in [-0.39, 0.29) is 5.78 Å². The molecule has 0 amide bonds. The minimum Gasteiger partial charge on any atom is -0.497 e. The fourth-order valence-corrected chi connectivity index (χ4v) is 2.90. The van der Waals surface area contributed by atoms with Gasteiger partial charge >= 0.3 is 0 Å². The van der Waals surface area contributed by atoms with Gasteiger partial charge in [-0.15, -0.1) is 0 Å². The third kappa shape index (κ3) is 2.78. The number of hydrogen-bond donors (Lipinski definition) is 0. The lowest BCUT2D eigenvalue weighted by Gasteiger charge is -2.06. The minimum atomic E-state index is 0.0722. The van der Waals surface area contributed by atoms with Crippen molar-refractivity contribution in [2.24, 2.45) is 0 Å². The van der Waals surface area contributed by atoms with Gasteiger partial charge in [-0.1, -0.05) is 30.3 Å². The summed E-state index contributed by atoms with van der Waals surface area (Å²) in [6.45, 7) is 3.60. The summed E-state index contributed by atoms with van der Waals surface area (Å²) in [6.07, 6.45) is 2.03. The number of benzene rings is 2. The van der Waals surface area contributed by atoms with Crippen LogP contribution < -0.4 is 4.74 Å². The number of carbonyl (C=O) groups is 1. The van der Waals surface area contributed by atoms with Gasteiger partial charge in [0.25, 0.3) is 0 Å². The fourth-order valence-electron chi connectivity index (χ4n) is 2.90. The lowest BCUT2D eigenvalue weighted by molar-refractivity contribution is 0.101. The fraction of sp³-hybridized carbons (Fsp3) is 0.150. The number of ketones is 1. The van der Waals surface area contributed by atoms with Crippen molar-refractivity contribution in [2.45, 2.75) is 13.8 Å². The maximum absolute atomic E-state index is 12.2. The van der Waals surface area contributed by atoms with E-state index >= 15 is 0 Å². The number of methoxy groups -OCH3 is 1. The lowest BCUT2D eigenvalue weighted by atomic mass is 10.0. The Bertz CT molecular complexity index is 830. The quantitative estimate of drug-likeness (QED) is 0.656. The largest absolute Gasteiger partial charge is 0.497 e. The number of rotatable bonds is 4. The van der Waals surface area contributed by atoms with Crippen molar-refractivity contribution >= 4 is 5.78 Å². The molecule has 1 heterocycles. The topological polar surface area (TPSA) is 31.2 Å². The second-order valence-corrected chi connectivity index (χ2v) is 5.49. The van der Waals surface area contributed by atoms with Crippen molar-refractivity contribution in [1.29, 1.82) is 0 Å². The normalized spacial score (nSPS) is 10.6. The molecule has 3 aromatic rings. The zero-order valence-corrected chi connectivity index (χ0v) is 13.5. The summed E-state index contributed by atoms with van der Waals surface area (Å²) in [5, 5.41) is 0. The standard InChI is InChI=1S/C20H19NO2/c1-14-20(15(2)22)19(16-9-11-18(23-3)12-10-16)13-21(14)17-7-5-4-6-8-17/h4-13H,1-3H3. The predicted octanol–water partition coefficient (Wildman–Crippen LogP) is 4.66. The highest BCUT2D eigenvalue weighted by Crippen LogP contribution is 2.31. The van der Waals surface area contributed by atoms with E-state index in [9.17, 15) is 4.79 Å². The number of nitrogens with zero attached hydrogens (tertiary/aromatic N) is 1. The Morgan fingerprint density at radius 1 is 1.00 bits per heavy atom. The van der Waals surface area contributed by atoms with Gasteiger partial charge in [-0.05, 0) is 43.7 Å². The smallest absolute Gasteiger partial charge is 0.162 e. The van der Waals surface area contributed by atoms with Crippen molar-refractivity contribution in [3.8, 4) is 22.6 Å². The van der Waals surface area contributed by atoms with Crippen LogP contribution in [0.25, 0.3) is 16.8 Å². The molecule has 0 saturated carbocycles. The summed E-state index contributed by atoms with van der Waals surface area (Å²) in [6, 6.07) is 17.8. The van der Waals surface area contributed by atoms with Gasteiger partial charge in [-0.2, -0.15) is 0 Å². The van der Waals surface area contributed by atoms with Gasteiger partial charge in [-0.25, -0.2) is 0 Å². The van der Waals surface area contributed by atoms with Crippen LogP contribution in [0.3, 0.4) is 0 Å². The molecule has 0 spiro atoms. The molecule has 0 bridgehead atoms. The average Bonchev–Trinajstić information content (AvgIpc) is 2.93. The van der Waals surface area contributed by atoms with E-state index in [0.717, 1.165) is 33.8 Å². The number of carbonyl (C=O) groups excluding carboxylic acids is 1. The second kappa shape index (κ2) is 6.13. The first-order valence-corrected chi connectivity index (χ1v) is 7.54. The average molecular weight is 305 g/mol. The summed E-state index contributed by atoms with van der Waals surface area (Å²) in [4.78, 5) is 12.2. The first-order valence-electron chi connectivity index (χ1n) is 7.54. The molecule has 0 aliphatic carbocycles. The molecule has 1 aromatic heterocycles. The monoisotopic (exact) mass is 305 g/mol. The van der Waals surface area contributed by atoms with Crippen LogP contribution in [0.1, 0.15) is 23.0 Å². The molecule has 0 unspecified atom stereocenters. The lowest BCUT2D eigenvalue weighted by Crippen LogP contribution is -1.99. The van der Waals surface area contributed by atoms with Crippen LogP contribution in [0.4, 0.5) is 0 Å².